The minimum atomic E-state index is -2.70. The van der Waals surface area contributed by atoms with Crippen molar-refractivity contribution in [1.82, 2.24) is 4.90 Å². The van der Waals surface area contributed by atoms with Gasteiger partial charge in [-0.3, -0.25) is 4.79 Å². The number of aromatic carboxylic acids is 1. The van der Waals surface area contributed by atoms with Gasteiger partial charge in [0.05, 0.1) is 5.56 Å². The molecule has 120 valence electrons. The van der Waals surface area contributed by atoms with Gasteiger partial charge in [-0.15, -0.1) is 0 Å². The Bertz CT molecular complexity index is 574. The van der Waals surface area contributed by atoms with E-state index in [-0.39, 0.29) is 37.3 Å². The number of rotatable bonds is 4. The van der Waals surface area contributed by atoms with Crippen LogP contribution in [0.1, 0.15) is 42.1 Å². The number of piperidine rings is 1. The van der Waals surface area contributed by atoms with E-state index < -0.39 is 17.9 Å². The highest BCUT2D eigenvalue weighted by Crippen LogP contribution is 2.32. The summed E-state index contributed by atoms with van der Waals surface area (Å²) in [6, 6.07) is 6.02. The van der Waals surface area contributed by atoms with Gasteiger partial charge in [-0.2, -0.15) is 0 Å². The highest BCUT2D eigenvalue weighted by Gasteiger charge is 2.39. The Hall–Kier alpha value is -1.98. The molecule has 6 heteroatoms. The van der Waals surface area contributed by atoms with Gasteiger partial charge in [0.25, 0.3) is 5.92 Å². The van der Waals surface area contributed by atoms with E-state index in [1.807, 2.05) is 0 Å². The number of alkyl halides is 2. The van der Waals surface area contributed by atoms with Crippen LogP contribution in [0.2, 0.25) is 0 Å². The maximum Gasteiger partial charge on any atom is 0.335 e. The second kappa shape index (κ2) is 6.42. The predicted molar refractivity (Wildman–Crippen MR) is 77.1 cm³/mol. The monoisotopic (exact) mass is 311 g/mol. The molecule has 1 saturated heterocycles. The van der Waals surface area contributed by atoms with Crippen LogP contribution in [0.15, 0.2) is 24.3 Å². The summed E-state index contributed by atoms with van der Waals surface area (Å²) in [5.74, 6) is -3.94. The quantitative estimate of drug-likeness (QED) is 0.930. The van der Waals surface area contributed by atoms with Crippen LogP contribution in [0.4, 0.5) is 8.78 Å². The smallest absolute Gasteiger partial charge is 0.335 e. The Morgan fingerprint density at radius 1 is 1.36 bits per heavy atom. The highest BCUT2D eigenvalue weighted by atomic mass is 19.3. The summed E-state index contributed by atoms with van der Waals surface area (Å²) in [7, 11) is 0. The Morgan fingerprint density at radius 2 is 2.05 bits per heavy atom. The highest BCUT2D eigenvalue weighted by molar-refractivity contribution is 5.89. The average molecular weight is 311 g/mol. The summed E-state index contributed by atoms with van der Waals surface area (Å²) < 4.78 is 26.6. The van der Waals surface area contributed by atoms with Gasteiger partial charge in [-0.25, -0.2) is 13.6 Å². The summed E-state index contributed by atoms with van der Waals surface area (Å²) in [6.07, 6.45) is -0.208. The number of carboxylic acid groups (broad SMARTS) is 1. The van der Waals surface area contributed by atoms with Crippen LogP contribution in [0, 0.1) is 0 Å². The lowest BCUT2D eigenvalue weighted by Crippen LogP contribution is -2.48. The molecule has 1 N–H and O–H groups in total. The molecule has 0 bridgehead atoms. The molecule has 1 aromatic rings. The van der Waals surface area contributed by atoms with Gasteiger partial charge in [0.2, 0.25) is 5.91 Å². The molecule has 1 heterocycles. The molecule has 1 aromatic carbocycles. The van der Waals surface area contributed by atoms with Gasteiger partial charge in [-0.05, 0) is 25.0 Å². The fourth-order valence-corrected chi connectivity index (χ4v) is 2.85. The van der Waals surface area contributed by atoms with E-state index >= 15 is 0 Å². The molecule has 4 nitrogen and oxygen atoms in total. The summed E-state index contributed by atoms with van der Waals surface area (Å²) in [5, 5.41) is 9.10. The van der Waals surface area contributed by atoms with Gasteiger partial charge in [0, 0.05) is 31.8 Å². The number of benzene rings is 1. The van der Waals surface area contributed by atoms with E-state index in [1.54, 1.807) is 25.1 Å². The van der Waals surface area contributed by atoms with Gasteiger partial charge in [-0.1, -0.05) is 18.2 Å². The van der Waals surface area contributed by atoms with Crippen LogP contribution in [-0.4, -0.2) is 40.4 Å². The number of likely N-dealkylation sites (tertiary alicyclic amines) is 1. The summed E-state index contributed by atoms with van der Waals surface area (Å²) >= 11 is 0. The van der Waals surface area contributed by atoms with Crippen molar-refractivity contribution in [2.24, 2.45) is 0 Å². The Balaban J connectivity index is 1.98. The largest absolute Gasteiger partial charge is 0.478 e. The molecule has 22 heavy (non-hydrogen) atoms. The molecule has 1 unspecified atom stereocenters. The van der Waals surface area contributed by atoms with Crippen molar-refractivity contribution in [3.05, 3.63) is 35.4 Å². The van der Waals surface area contributed by atoms with Crippen LogP contribution in [0.3, 0.4) is 0 Å². The van der Waals surface area contributed by atoms with Crippen molar-refractivity contribution in [1.29, 1.82) is 0 Å². The standard InChI is InChI=1S/C16H19F2NO3/c1-11-10-16(17,18)8-9-19(11)14(20)7-6-12-4-2-3-5-13(12)15(21)22/h2-5,11H,6-10H2,1H3,(H,21,22). The third kappa shape index (κ3) is 3.81. The van der Waals surface area contributed by atoms with Crippen molar-refractivity contribution in [2.45, 2.75) is 44.6 Å². The second-order valence-corrected chi connectivity index (χ2v) is 5.71. The van der Waals surface area contributed by atoms with E-state index in [4.69, 9.17) is 5.11 Å². The SMILES string of the molecule is CC1CC(F)(F)CCN1C(=O)CCc1ccccc1C(=O)O. The number of hydrogen-bond donors (Lipinski definition) is 1. The zero-order chi connectivity index (χ0) is 16.3. The maximum absolute atomic E-state index is 13.3. The molecule has 1 amide bonds. The summed E-state index contributed by atoms with van der Waals surface area (Å²) in [5.41, 5.74) is 0.756. The number of hydrogen-bond acceptors (Lipinski definition) is 2. The number of amides is 1. The zero-order valence-corrected chi connectivity index (χ0v) is 12.4. The van der Waals surface area contributed by atoms with Gasteiger partial charge >= 0.3 is 5.97 Å². The van der Waals surface area contributed by atoms with Crippen LogP contribution in [-0.2, 0) is 11.2 Å². The topological polar surface area (TPSA) is 57.6 Å². The molecule has 1 aliphatic rings. The lowest BCUT2D eigenvalue weighted by atomic mass is 9.98. The van der Waals surface area contributed by atoms with Crippen molar-refractivity contribution in [3.8, 4) is 0 Å². The lowest BCUT2D eigenvalue weighted by molar-refractivity contribution is -0.142. The van der Waals surface area contributed by atoms with E-state index in [0.29, 0.717) is 12.0 Å². The minimum absolute atomic E-state index is 0.0492. The Kier molecular flexibility index (Phi) is 4.78. The first-order chi connectivity index (χ1) is 10.3. The normalized spacial score (nSPS) is 20.7. The van der Waals surface area contributed by atoms with Crippen LogP contribution in [0.5, 0.6) is 0 Å². The first kappa shape index (κ1) is 16.4. The van der Waals surface area contributed by atoms with E-state index in [1.165, 1.54) is 11.0 Å². The van der Waals surface area contributed by atoms with E-state index in [0.717, 1.165) is 0 Å². The van der Waals surface area contributed by atoms with Crippen LogP contribution in [0.25, 0.3) is 0 Å². The Morgan fingerprint density at radius 3 is 2.68 bits per heavy atom. The first-order valence-corrected chi connectivity index (χ1v) is 7.29. The van der Waals surface area contributed by atoms with Crippen molar-refractivity contribution in [3.63, 3.8) is 0 Å². The molecule has 1 fully saturated rings. The third-order valence-corrected chi connectivity index (χ3v) is 4.02. The molecule has 0 radical (unpaired) electrons. The van der Waals surface area contributed by atoms with Crippen molar-refractivity contribution < 1.29 is 23.5 Å². The van der Waals surface area contributed by atoms with Gasteiger partial charge in [0.1, 0.15) is 0 Å². The average Bonchev–Trinajstić information content (AvgIpc) is 2.44. The van der Waals surface area contributed by atoms with E-state index in [9.17, 15) is 18.4 Å². The molecule has 0 aromatic heterocycles. The number of halogens is 2. The van der Waals surface area contributed by atoms with Crippen LogP contribution >= 0.6 is 0 Å². The maximum atomic E-state index is 13.3. The molecule has 1 aliphatic heterocycles. The van der Waals surface area contributed by atoms with Crippen LogP contribution < -0.4 is 0 Å². The minimum Gasteiger partial charge on any atom is -0.478 e. The molecule has 0 saturated carbocycles. The lowest BCUT2D eigenvalue weighted by Gasteiger charge is -2.37. The van der Waals surface area contributed by atoms with E-state index in [2.05, 4.69) is 0 Å². The van der Waals surface area contributed by atoms with Gasteiger partial charge < -0.3 is 10.0 Å². The Labute approximate surface area is 127 Å². The number of carbonyl (C=O) groups is 2. The molecule has 2 rings (SSSR count). The molecular formula is C16H19F2NO3. The second-order valence-electron chi connectivity index (χ2n) is 5.71. The molecule has 0 aliphatic carbocycles. The zero-order valence-electron chi connectivity index (χ0n) is 12.4. The number of carboxylic acids is 1. The summed E-state index contributed by atoms with van der Waals surface area (Å²) in [6.45, 7) is 1.67. The fourth-order valence-electron chi connectivity index (χ4n) is 2.85. The molecule has 1 atom stereocenters. The number of nitrogens with zero attached hydrogens (tertiary/aromatic N) is 1. The molecular weight excluding hydrogens is 292 g/mol. The van der Waals surface area contributed by atoms with Crippen molar-refractivity contribution in [2.75, 3.05) is 6.54 Å². The van der Waals surface area contributed by atoms with Gasteiger partial charge in [0.15, 0.2) is 0 Å². The molecule has 0 spiro atoms. The third-order valence-electron chi connectivity index (χ3n) is 4.02. The number of aryl methyl sites for hydroxylation is 1. The fraction of sp³-hybridized carbons (Fsp3) is 0.500. The van der Waals surface area contributed by atoms with Crippen molar-refractivity contribution >= 4 is 11.9 Å². The number of carbonyl (C=O) groups excluding carboxylic acids is 1. The summed E-state index contributed by atoms with van der Waals surface area (Å²) in [4.78, 5) is 24.8. The predicted octanol–water partition coefficient (Wildman–Crippen LogP) is 2.96. The first-order valence-electron chi connectivity index (χ1n) is 7.29.